The van der Waals surface area contributed by atoms with Crippen LogP contribution in [0.1, 0.15) is 50.7 Å². The number of aryl methyl sites for hydroxylation is 2. The third kappa shape index (κ3) is 3.45. The summed E-state index contributed by atoms with van der Waals surface area (Å²) >= 11 is 0. The fourth-order valence-electron chi connectivity index (χ4n) is 3.82. The van der Waals surface area contributed by atoms with Crippen LogP contribution in [0, 0.1) is 11.8 Å². The fourth-order valence-corrected chi connectivity index (χ4v) is 3.82. The van der Waals surface area contributed by atoms with Crippen molar-refractivity contribution in [2.45, 2.75) is 58.4 Å². The summed E-state index contributed by atoms with van der Waals surface area (Å²) in [6.07, 6.45) is 7.12. The Hall–Kier alpha value is -1.51. The molecule has 120 valence electrons. The first-order valence-electron chi connectivity index (χ1n) is 8.67. The van der Waals surface area contributed by atoms with Crippen LogP contribution in [-0.2, 0) is 17.6 Å². The number of ether oxygens (including phenoxy) is 1. The molecular weight excluding hydrogens is 274 g/mol. The molecule has 3 nitrogen and oxygen atoms in total. The number of benzene rings is 1. The quantitative estimate of drug-likeness (QED) is 0.924. The number of carbonyl (C=O) groups is 1. The Morgan fingerprint density at radius 3 is 2.86 bits per heavy atom. The van der Waals surface area contributed by atoms with Crippen molar-refractivity contribution in [2.24, 2.45) is 11.8 Å². The van der Waals surface area contributed by atoms with Gasteiger partial charge in [-0.3, -0.25) is 4.79 Å². The maximum atomic E-state index is 12.1. The molecule has 0 heterocycles. The third-order valence-electron chi connectivity index (χ3n) is 5.49. The summed E-state index contributed by atoms with van der Waals surface area (Å²) in [5.74, 6) is 2.07. The Labute approximate surface area is 133 Å². The van der Waals surface area contributed by atoms with Crippen molar-refractivity contribution < 1.29 is 9.53 Å². The largest absolute Gasteiger partial charge is 0.484 e. The Balaban J connectivity index is 1.50. The number of hydrogen-bond donors (Lipinski definition) is 1. The highest BCUT2D eigenvalue weighted by Crippen LogP contribution is 2.29. The van der Waals surface area contributed by atoms with Crippen molar-refractivity contribution in [2.75, 3.05) is 6.61 Å². The van der Waals surface area contributed by atoms with Crippen LogP contribution in [0.5, 0.6) is 5.75 Å². The second-order valence-electron chi connectivity index (χ2n) is 7.01. The first-order valence-corrected chi connectivity index (χ1v) is 8.67. The Morgan fingerprint density at radius 1 is 1.18 bits per heavy atom. The van der Waals surface area contributed by atoms with Gasteiger partial charge in [-0.1, -0.05) is 32.8 Å². The second kappa shape index (κ2) is 6.72. The molecule has 1 saturated carbocycles. The molecule has 1 amide bonds. The molecule has 0 aromatic heterocycles. The minimum Gasteiger partial charge on any atom is -0.484 e. The van der Waals surface area contributed by atoms with Crippen LogP contribution in [0.2, 0.25) is 0 Å². The van der Waals surface area contributed by atoms with Gasteiger partial charge in [0.1, 0.15) is 5.75 Å². The third-order valence-corrected chi connectivity index (χ3v) is 5.49. The van der Waals surface area contributed by atoms with E-state index in [1.54, 1.807) is 0 Å². The van der Waals surface area contributed by atoms with Gasteiger partial charge in [-0.2, -0.15) is 0 Å². The molecule has 2 aliphatic carbocycles. The molecule has 3 rings (SSSR count). The van der Waals surface area contributed by atoms with Crippen molar-refractivity contribution in [3.05, 3.63) is 29.3 Å². The lowest BCUT2D eigenvalue weighted by molar-refractivity contribution is -0.124. The molecule has 3 heteroatoms. The Morgan fingerprint density at radius 2 is 2.00 bits per heavy atom. The van der Waals surface area contributed by atoms with Gasteiger partial charge in [0, 0.05) is 6.04 Å². The van der Waals surface area contributed by atoms with Crippen LogP contribution in [0.15, 0.2) is 18.2 Å². The van der Waals surface area contributed by atoms with Crippen molar-refractivity contribution >= 4 is 5.91 Å². The SMILES string of the molecule is C[C@@H]1[C@H](C)CCC[C@H]1NC(=O)COc1ccc2c(c1)CCC2. The summed E-state index contributed by atoms with van der Waals surface area (Å²) in [5.41, 5.74) is 2.81. The minimum atomic E-state index is 0.00597. The predicted molar refractivity (Wildman–Crippen MR) is 88.1 cm³/mol. The normalized spacial score (nSPS) is 27.3. The average molecular weight is 301 g/mol. The lowest BCUT2D eigenvalue weighted by atomic mass is 9.78. The number of amides is 1. The maximum Gasteiger partial charge on any atom is 0.258 e. The van der Waals surface area contributed by atoms with Gasteiger partial charge in [-0.15, -0.1) is 0 Å². The molecule has 22 heavy (non-hydrogen) atoms. The molecule has 3 atom stereocenters. The highest BCUT2D eigenvalue weighted by molar-refractivity contribution is 5.77. The van der Waals surface area contributed by atoms with Crippen molar-refractivity contribution in [3.8, 4) is 5.75 Å². The predicted octanol–water partition coefficient (Wildman–Crippen LogP) is 3.50. The van der Waals surface area contributed by atoms with Gasteiger partial charge >= 0.3 is 0 Å². The first-order chi connectivity index (χ1) is 10.6. The molecule has 0 radical (unpaired) electrons. The number of fused-ring (bicyclic) bond motifs is 1. The van der Waals surface area contributed by atoms with E-state index in [0.717, 1.165) is 18.6 Å². The van der Waals surface area contributed by atoms with Crippen LogP contribution in [0.25, 0.3) is 0 Å². The van der Waals surface area contributed by atoms with E-state index in [2.05, 4.69) is 31.3 Å². The van der Waals surface area contributed by atoms with Gasteiger partial charge in [-0.25, -0.2) is 0 Å². The van der Waals surface area contributed by atoms with E-state index in [-0.39, 0.29) is 12.5 Å². The zero-order valence-corrected chi connectivity index (χ0v) is 13.7. The molecule has 1 N–H and O–H groups in total. The number of nitrogens with one attached hydrogen (secondary N) is 1. The van der Waals surface area contributed by atoms with Gasteiger partial charge < -0.3 is 10.1 Å². The van der Waals surface area contributed by atoms with Crippen molar-refractivity contribution in [3.63, 3.8) is 0 Å². The van der Waals surface area contributed by atoms with Gasteiger partial charge in [0.15, 0.2) is 6.61 Å². The van der Waals surface area contributed by atoms with Crippen LogP contribution >= 0.6 is 0 Å². The minimum absolute atomic E-state index is 0.00597. The van der Waals surface area contributed by atoms with Gasteiger partial charge in [0.25, 0.3) is 5.91 Å². The van der Waals surface area contributed by atoms with Gasteiger partial charge in [0.2, 0.25) is 0 Å². The van der Waals surface area contributed by atoms with E-state index in [9.17, 15) is 4.79 Å². The van der Waals surface area contributed by atoms with Crippen LogP contribution in [-0.4, -0.2) is 18.6 Å². The highest BCUT2D eigenvalue weighted by atomic mass is 16.5. The zero-order chi connectivity index (χ0) is 15.5. The highest BCUT2D eigenvalue weighted by Gasteiger charge is 2.28. The molecule has 0 aliphatic heterocycles. The summed E-state index contributed by atoms with van der Waals surface area (Å²) in [6.45, 7) is 4.65. The van der Waals surface area contributed by atoms with E-state index >= 15 is 0 Å². The Kier molecular flexibility index (Phi) is 4.70. The number of rotatable bonds is 4. The monoisotopic (exact) mass is 301 g/mol. The summed E-state index contributed by atoms with van der Waals surface area (Å²) in [5, 5.41) is 3.16. The topological polar surface area (TPSA) is 38.3 Å². The van der Waals surface area contributed by atoms with Gasteiger partial charge in [0.05, 0.1) is 0 Å². The summed E-state index contributed by atoms with van der Waals surface area (Å²) in [7, 11) is 0. The smallest absolute Gasteiger partial charge is 0.258 e. The zero-order valence-electron chi connectivity index (χ0n) is 13.7. The summed E-state index contributed by atoms with van der Waals surface area (Å²) in [6, 6.07) is 6.53. The fraction of sp³-hybridized carbons (Fsp3) is 0.632. The molecule has 1 aromatic carbocycles. The van der Waals surface area contributed by atoms with Crippen LogP contribution in [0.3, 0.4) is 0 Å². The van der Waals surface area contributed by atoms with Gasteiger partial charge in [-0.05, 0) is 60.8 Å². The van der Waals surface area contributed by atoms with Crippen LogP contribution < -0.4 is 10.1 Å². The molecule has 2 aliphatic rings. The standard InChI is InChI=1S/C19H27NO2/c1-13-5-3-8-18(14(13)2)20-19(21)12-22-17-10-9-15-6-4-7-16(15)11-17/h9-11,13-14,18H,3-8,12H2,1-2H3,(H,20,21)/t13-,14-,18-/m1/s1. The maximum absolute atomic E-state index is 12.1. The molecule has 0 unspecified atom stereocenters. The lowest BCUT2D eigenvalue weighted by Crippen LogP contribution is -2.45. The molecule has 0 spiro atoms. The van der Waals surface area contributed by atoms with E-state index in [1.807, 2.05) is 6.07 Å². The summed E-state index contributed by atoms with van der Waals surface area (Å²) in [4.78, 5) is 12.1. The van der Waals surface area contributed by atoms with E-state index in [1.165, 1.54) is 36.8 Å². The van der Waals surface area contributed by atoms with E-state index in [4.69, 9.17) is 4.74 Å². The molecule has 1 fully saturated rings. The summed E-state index contributed by atoms with van der Waals surface area (Å²) < 4.78 is 5.68. The molecular formula is C19H27NO2. The van der Waals surface area contributed by atoms with Crippen molar-refractivity contribution in [1.82, 2.24) is 5.32 Å². The first kappa shape index (κ1) is 15.4. The second-order valence-corrected chi connectivity index (χ2v) is 7.01. The van der Waals surface area contributed by atoms with Crippen LogP contribution in [0.4, 0.5) is 0 Å². The average Bonchev–Trinajstić information content (AvgIpc) is 2.97. The molecule has 1 aromatic rings. The lowest BCUT2D eigenvalue weighted by Gasteiger charge is -2.34. The molecule has 0 saturated heterocycles. The number of carbonyl (C=O) groups excluding carboxylic acids is 1. The van der Waals surface area contributed by atoms with E-state index in [0.29, 0.717) is 17.9 Å². The molecule has 0 bridgehead atoms. The van der Waals surface area contributed by atoms with Crippen molar-refractivity contribution in [1.29, 1.82) is 0 Å². The van der Waals surface area contributed by atoms with E-state index < -0.39 is 0 Å². The Bertz CT molecular complexity index is 540. The number of hydrogen-bond acceptors (Lipinski definition) is 2.